The molecule has 0 spiro atoms. The summed E-state index contributed by atoms with van der Waals surface area (Å²) in [4.78, 5) is 2.67. The van der Waals surface area contributed by atoms with Gasteiger partial charge in [0.15, 0.2) is 0 Å². The number of benzene rings is 4. The van der Waals surface area contributed by atoms with E-state index in [9.17, 15) is 0 Å². The predicted molar refractivity (Wildman–Crippen MR) is 125 cm³/mol. The zero-order valence-electron chi connectivity index (χ0n) is 17.1. The highest BCUT2D eigenvalue weighted by Gasteiger charge is 2.09. The number of hydrogen-bond acceptors (Lipinski definition) is 1. The van der Waals surface area contributed by atoms with Gasteiger partial charge in [-0.15, -0.1) is 0 Å². The first kappa shape index (κ1) is 19.5. The van der Waals surface area contributed by atoms with E-state index < -0.39 is 0 Å². The first-order chi connectivity index (χ1) is 14.2. The van der Waals surface area contributed by atoms with Gasteiger partial charge in [0.2, 0.25) is 0 Å². The molecular weight excluding hydrogens is 368 g/mol. The Morgan fingerprint density at radius 1 is 0.483 bits per heavy atom. The summed E-state index contributed by atoms with van der Waals surface area (Å²) >= 11 is 1.89. The number of aryl methyl sites for hydroxylation is 2. The zero-order chi connectivity index (χ0) is 20.1. The molecule has 4 aromatic rings. The minimum Gasteiger partial charge on any atom is -0.0895 e. The van der Waals surface area contributed by atoms with E-state index in [1.807, 2.05) is 11.8 Å². The first-order valence-corrected chi connectivity index (χ1v) is 10.9. The second-order valence-corrected chi connectivity index (χ2v) is 8.73. The summed E-state index contributed by atoms with van der Waals surface area (Å²) in [6.45, 7) is 4.27. The van der Waals surface area contributed by atoms with E-state index in [1.54, 1.807) is 0 Å². The summed E-state index contributed by atoms with van der Waals surface area (Å²) in [6, 6.07) is 35.3. The van der Waals surface area contributed by atoms with Crippen LogP contribution in [0, 0.1) is 13.8 Å². The topological polar surface area (TPSA) is 0 Å². The summed E-state index contributed by atoms with van der Waals surface area (Å²) in [6.07, 6.45) is 1.92. The van der Waals surface area contributed by atoms with Gasteiger partial charge in [0.25, 0.3) is 0 Å². The Morgan fingerprint density at radius 3 is 1.28 bits per heavy atom. The average Bonchev–Trinajstić information content (AvgIpc) is 2.74. The van der Waals surface area contributed by atoms with E-state index in [1.165, 1.54) is 43.2 Å². The lowest BCUT2D eigenvalue weighted by Crippen LogP contribution is -1.94. The molecule has 0 nitrogen and oxygen atoms in total. The molecule has 4 aromatic carbocycles. The molecule has 0 aliphatic heterocycles. The maximum atomic E-state index is 2.25. The molecular formula is C28H26S. The molecule has 0 saturated carbocycles. The van der Waals surface area contributed by atoms with Crippen molar-refractivity contribution in [2.75, 3.05) is 0 Å². The van der Waals surface area contributed by atoms with E-state index in [4.69, 9.17) is 0 Å². The fourth-order valence-electron chi connectivity index (χ4n) is 3.47. The second-order valence-electron chi connectivity index (χ2n) is 7.64. The fourth-order valence-corrected chi connectivity index (χ4v) is 4.54. The van der Waals surface area contributed by atoms with Gasteiger partial charge in [-0.1, -0.05) is 108 Å². The third kappa shape index (κ3) is 5.19. The molecule has 0 heterocycles. The summed E-state index contributed by atoms with van der Waals surface area (Å²) in [5, 5.41) is 0. The van der Waals surface area contributed by atoms with Gasteiger partial charge in [-0.3, -0.25) is 0 Å². The molecule has 0 amide bonds. The molecule has 0 unspecified atom stereocenters. The molecule has 0 radical (unpaired) electrons. The largest absolute Gasteiger partial charge is 0.0895 e. The van der Waals surface area contributed by atoms with Crippen LogP contribution < -0.4 is 0 Å². The van der Waals surface area contributed by atoms with E-state index in [2.05, 4.69) is 111 Å². The van der Waals surface area contributed by atoms with Crippen LogP contribution in [0.25, 0.3) is 0 Å². The standard InChI is InChI=1S/C28H26S/c1-21-11-15-23(16-12-21)19-25-7-3-5-9-27(25)29-28-10-6-4-8-26(28)20-24-17-13-22(2)14-18-24/h3-18H,19-20H2,1-2H3. The van der Waals surface area contributed by atoms with Crippen LogP contribution in [0.1, 0.15) is 33.4 Å². The lowest BCUT2D eigenvalue weighted by Gasteiger charge is -2.13. The van der Waals surface area contributed by atoms with Crippen molar-refractivity contribution in [3.8, 4) is 0 Å². The Kier molecular flexibility index (Phi) is 6.17. The SMILES string of the molecule is Cc1ccc(Cc2ccccc2Sc2ccccc2Cc2ccc(C)cc2)cc1. The highest BCUT2D eigenvalue weighted by Crippen LogP contribution is 2.34. The molecule has 0 atom stereocenters. The van der Waals surface area contributed by atoms with Crippen molar-refractivity contribution >= 4 is 11.8 Å². The molecule has 0 saturated heterocycles. The van der Waals surface area contributed by atoms with Crippen molar-refractivity contribution in [1.29, 1.82) is 0 Å². The summed E-state index contributed by atoms with van der Waals surface area (Å²) in [7, 11) is 0. The van der Waals surface area contributed by atoms with Gasteiger partial charge in [-0.2, -0.15) is 0 Å². The predicted octanol–water partition coefficient (Wildman–Crippen LogP) is 7.64. The van der Waals surface area contributed by atoms with Gasteiger partial charge in [0.1, 0.15) is 0 Å². The Labute approximate surface area is 178 Å². The third-order valence-electron chi connectivity index (χ3n) is 5.20. The van der Waals surface area contributed by atoms with E-state index in [0.717, 1.165) is 12.8 Å². The van der Waals surface area contributed by atoms with Crippen LogP contribution in [-0.4, -0.2) is 0 Å². The maximum absolute atomic E-state index is 2.25. The molecule has 0 aliphatic carbocycles. The Balaban J connectivity index is 1.58. The normalized spacial score (nSPS) is 10.8. The Bertz CT molecular complexity index is 987. The van der Waals surface area contributed by atoms with Crippen LogP contribution in [0.3, 0.4) is 0 Å². The van der Waals surface area contributed by atoms with Gasteiger partial charge in [0.05, 0.1) is 0 Å². The lowest BCUT2D eigenvalue weighted by atomic mass is 10.0. The average molecular weight is 395 g/mol. The minimum atomic E-state index is 0.962. The highest BCUT2D eigenvalue weighted by atomic mass is 32.2. The van der Waals surface area contributed by atoms with Gasteiger partial charge < -0.3 is 0 Å². The fraction of sp³-hybridized carbons (Fsp3) is 0.143. The van der Waals surface area contributed by atoms with Crippen molar-refractivity contribution in [2.24, 2.45) is 0 Å². The monoisotopic (exact) mass is 394 g/mol. The van der Waals surface area contributed by atoms with Gasteiger partial charge in [-0.05, 0) is 61.1 Å². The molecule has 0 aromatic heterocycles. The Morgan fingerprint density at radius 2 is 0.862 bits per heavy atom. The molecule has 0 N–H and O–H groups in total. The van der Waals surface area contributed by atoms with Crippen molar-refractivity contribution in [3.05, 3.63) is 130 Å². The van der Waals surface area contributed by atoms with Gasteiger partial charge >= 0.3 is 0 Å². The van der Waals surface area contributed by atoms with Crippen molar-refractivity contribution in [2.45, 2.75) is 36.5 Å². The van der Waals surface area contributed by atoms with E-state index in [-0.39, 0.29) is 0 Å². The zero-order valence-corrected chi connectivity index (χ0v) is 17.9. The maximum Gasteiger partial charge on any atom is 0.0157 e. The molecule has 29 heavy (non-hydrogen) atoms. The number of rotatable bonds is 6. The van der Waals surface area contributed by atoms with E-state index in [0.29, 0.717) is 0 Å². The van der Waals surface area contributed by atoms with Crippen molar-refractivity contribution < 1.29 is 0 Å². The summed E-state index contributed by atoms with van der Waals surface area (Å²) in [5.41, 5.74) is 8.09. The van der Waals surface area contributed by atoms with Crippen LogP contribution in [0.2, 0.25) is 0 Å². The van der Waals surface area contributed by atoms with Gasteiger partial charge in [0, 0.05) is 9.79 Å². The summed E-state index contributed by atoms with van der Waals surface area (Å²) in [5.74, 6) is 0. The smallest absolute Gasteiger partial charge is 0.0157 e. The summed E-state index contributed by atoms with van der Waals surface area (Å²) < 4.78 is 0. The molecule has 0 fully saturated rings. The van der Waals surface area contributed by atoms with Crippen LogP contribution in [0.15, 0.2) is 107 Å². The van der Waals surface area contributed by atoms with Crippen LogP contribution >= 0.6 is 11.8 Å². The second kappa shape index (κ2) is 9.15. The highest BCUT2D eigenvalue weighted by molar-refractivity contribution is 7.99. The van der Waals surface area contributed by atoms with Crippen molar-refractivity contribution in [1.82, 2.24) is 0 Å². The Hall–Kier alpha value is -2.77. The first-order valence-electron chi connectivity index (χ1n) is 10.1. The molecule has 4 rings (SSSR count). The van der Waals surface area contributed by atoms with Crippen LogP contribution in [0.5, 0.6) is 0 Å². The quantitative estimate of drug-likeness (QED) is 0.324. The molecule has 0 aliphatic rings. The molecule has 0 bridgehead atoms. The lowest BCUT2D eigenvalue weighted by molar-refractivity contribution is 1.10. The van der Waals surface area contributed by atoms with Gasteiger partial charge in [-0.25, -0.2) is 0 Å². The third-order valence-corrected chi connectivity index (χ3v) is 6.43. The van der Waals surface area contributed by atoms with Crippen LogP contribution in [0.4, 0.5) is 0 Å². The van der Waals surface area contributed by atoms with Crippen LogP contribution in [-0.2, 0) is 12.8 Å². The van der Waals surface area contributed by atoms with Crippen molar-refractivity contribution in [3.63, 3.8) is 0 Å². The minimum absolute atomic E-state index is 0.962. The molecule has 1 heteroatoms. The number of hydrogen-bond donors (Lipinski definition) is 0. The van der Waals surface area contributed by atoms with E-state index >= 15 is 0 Å². The molecule has 144 valence electrons.